The Morgan fingerprint density at radius 3 is 2.50 bits per heavy atom. The number of hydrogen-bond acceptors (Lipinski definition) is 5. The first kappa shape index (κ1) is 13.2. The van der Waals surface area contributed by atoms with Crippen LogP contribution in [0.25, 0.3) is 17.1 Å². The summed E-state index contributed by atoms with van der Waals surface area (Å²) < 4.78 is 13.1. The molecule has 1 aliphatic heterocycles. The fourth-order valence-electron chi connectivity index (χ4n) is 2.46. The minimum absolute atomic E-state index is 0.524. The standard InChI is InChI=1S/C16H13N3O2S/c22-16-18-17-15(11-4-2-1-3-5-11)19(16)12-6-7-13-14(10-12)21-9-8-20-13/h1-7,10H,8-9H2,(H,18,22). The Balaban J connectivity index is 1.85. The van der Waals surface area contributed by atoms with Gasteiger partial charge in [0.1, 0.15) is 13.2 Å². The molecule has 0 radical (unpaired) electrons. The summed E-state index contributed by atoms with van der Waals surface area (Å²) in [5, 5.41) is 8.85. The summed E-state index contributed by atoms with van der Waals surface area (Å²) >= 11 is 4.42. The van der Waals surface area contributed by atoms with Crippen molar-refractivity contribution in [2.45, 2.75) is 5.16 Å². The van der Waals surface area contributed by atoms with Gasteiger partial charge in [0, 0.05) is 11.6 Å². The van der Waals surface area contributed by atoms with Crippen molar-refractivity contribution in [1.82, 2.24) is 14.8 Å². The summed E-state index contributed by atoms with van der Waals surface area (Å²) in [5.41, 5.74) is 1.86. The molecule has 0 spiro atoms. The Kier molecular flexibility index (Phi) is 3.23. The molecule has 0 bridgehead atoms. The Hall–Kier alpha value is -2.47. The molecule has 1 aliphatic rings. The molecule has 22 heavy (non-hydrogen) atoms. The van der Waals surface area contributed by atoms with Crippen LogP contribution in [0, 0.1) is 0 Å². The number of nitrogens with zero attached hydrogens (tertiary/aromatic N) is 3. The van der Waals surface area contributed by atoms with Crippen molar-refractivity contribution < 1.29 is 9.47 Å². The highest BCUT2D eigenvalue weighted by molar-refractivity contribution is 7.80. The number of ether oxygens (including phenoxy) is 2. The second kappa shape index (κ2) is 5.38. The van der Waals surface area contributed by atoms with Crippen LogP contribution >= 0.6 is 12.6 Å². The van der Waals surface area contributed by atoms with Gasteiger partial charge in [0.05, 0.1) is 5.69 Å². The van der Waals surface area contributed by atoms with Crippen molar-refractivity contribution in [3.05, 3.63) is 48.5 Å². The highest BCUT2D eigenvalue weighted by Crippen LogP contribution is 2.34. The summed E-state index contributed by atoms with van der Waals surface area (Å²) in [5.74, 6) is 2.22. The van der Waals surface area contributed by atoms with Gasteiger partial charge in [-0.15, -0.1) is 22.8 Å². The molecule has 0 saturated carbocycles. The normalized spacial score (nSPS) is 13.1. The number of thiol groups is 1. The van der Waals surface area contributed by atoms with Crippen molar-refractivity contribution in [3.63, 3.8) is 0 Å². The summed E-state index contributed by atoms with van der Waals surface area (Å²) in [6, 6.07) is 15.7. The summed E-state index contributed by atoms with van der Waals surface area (Å²) in [7, 11) is 0. The third kappa shape index (κ3) is 2.21. The Morgan fingerprint density at radius 1 is 0.909 bits per heavy atom. The van der Waals surface area contributed by atoms with Gasteiger partial charge in [0.2, 0.25) is 0 Å². The van der Waals surface area contributed by atoms with E-state index < -0.39 is 0 Å². The molecule has 2 aromatic carbocycles. The minimum Gasteiger partial charge on any atom is -0.486 e. The largest absolute Gasteiger partial charge is 0.486 e. The first-order chi connectivity index (χ1) is 10.8. The minimum atomic E-state index is 0.524. The Morgan fingerprint density at radius 2 is 1.68 bits per heavy atom. The predicted molar refractivity (Wildman–Crippen MR) is 85.0 cm³/mol. The van der Waals surface area contributed by atoms with Crippen molar-refractivity contribution >= 4 is 12.6 Å². The second-order valence-corrected chi connectivity index (χ2v) is 5.25. The molecule has 0 aliphatic carbocycles. The molecule has 0 fully saturated rings. The van der Waals surface area contributed by atoms with E-state index in [2.05, 4.69) is 22.8 Å². The molecule has 0 N–H and O–H groups in total. The average Bonchev–Trinajstić information content (AvgIpc) is 2.97. The zero-order chi connectivity index (χ0) is 14.9. The molecule has 110 valence electrons. The molecular weight excluding hydrogens is 298 g/mol. The van der Waals surface area contributed by atoms with Gasteiger partial charge < -0.3 is 9.47 Å². The van der Waals surface area contributed by atoms with E-state index in [0.29, 0.717) is 18.4 Å². The quantitative estimate of drug-likeness (QED) is 0.739. The van der Waals surface area contributed by atoms with E-state index in [-0.39, 0.29) is 0 Å². The van der Waals surface area contributed by atoms with Crippen LogP contribution in [0.1, 0.15) is 0 Å². The fourth-order valence-corrected chi connectivity index (χ4v) is 2.71. The van der Waals surface area contributed by atoms with Crippen molar-refractivity contribution in [1.29, 1.82) is 0 Å². The van der Waals surface area contributed by atoms with Crippen LogP contribution in [-0.4, -0.2) is 28.0 Å². The van der Waals surface area contributed by atoms with Crippen LogP contribution in [0.2, 0.25) is 0 Å². The lowest BCUT2D eigenvalue weighted by Crippen LogP contribution is -2.15. The van der Waals surface area contributed by atoms with Gasteiger partial charge in [-0.05, 0) is 12.1 Å². The zero-order valence-corrected chi connectivity index (χ0v) is 12.5. The Labute approximate surface area is 132 Å². The number of rotatable bonds is 2. The molecule has 0 atom stereocenters. The summed E-state index contributed by atoms with van der Waals surface area (Å²) in [6.07, 6.45) is 0. The molecule has 5 nitrogen and oxygen atoms in total. The molecule has 3 aromatic rings. The van der Waals surface area contributed by atoms with E-state index in [4.69, 9.17) is 9.47 Å². The molecule has 0 amide bonds. The number of benzene rings is 2. The third-order valence-electron chi connectivity index (χ3n) is 3.46. The van der Waals surface area contributed by atoms with Gasteiger partial charge in [-0.1, -0.05) is 30.3 Å². The van der Waals surface area contributed by atoms with Crippen LogP contribution in [0.4, 0.5) is 0 Å². The molecule has 6 heteroatoms. The first-order valence-electron chi connectivity index (χ1n) is 6.93. The fraction of sp³-hybridized carbons (Fsp3) is 0.125. The average molecular weight is 311 g/mol. The lowest BCUT2D eigenvalue weighted by Gasteiger charge is -2.19. The molecule has 2 heterocycles. The monoisotopic (exact) mass is 311 g/mol. The Bertz CT molecular complexity index is 818. The van der Waals surface area contributed by atoms with E-state index in [1.54, 1.807) is 0 Å². The highest BCUT2D eigenvalue weighted by Gasteiger charge is 2.17. The van der Waals surface area contributed by atoms with Gasteiger partial charge in [-0.3, -0.25) is 4.57 Å². The van der Waals surface area contributed by atoms with E-state index in [1.807, 2.05) is 53.1 Å². The zero-order valence-electron chi connectivity index (χ0n) is 11.6. The number of aromatic nitrogens is 3. The molecule has 0 saturated heterocycles. The third-order valence-corrected chi connectivity index (χ3v) is 3.75. The highest BCUT2D eigenvalue weighted by atomic mass is 32.1. The van der Waals surface area contributed by atoms with E-state index >= 15 is 0 Å². The second-order valence-electron chi connectivity index (χ2n) is 4.85. The summed E-state index contributed by atoms with van der Waals surface area (Å²) in [6.45, 7) is 1.13. The number of hydrogen-bond donors (Lipinski definition) is 1. The topological polar surface area (TPSA) is 49.2 Å². The maximum Gasteiger partial charge on any atom is 0.193 e. The van der Waals surface area contributed by atoms with Gasteiger partial charge in [0.25, 0.3) is 0 Å². The maximum atomic E-state index is 5.64. The lowest BCUT2D eigenvalue weighted by atomic mass is 10.2. The predicted octanol–water partition coefficient (Wildman–Crippen LogP) is 2.99. The van der Waals surface area contributed by atoms with Crippen LogP contribution in [-0.2, 0) is 0 Å². The van der Waals surface area contributed by atoms with Gasteiger partial charge in [0.15, 0.2) is 22.5 Å². The van der Waals surface area contributed by atoms with Gasteiger partial charge in [-0.2, -0.15) is 0 Å². The van der Waals surface area contributed by atoms with E-state index in [1.165, 1.54) is 0 Å². The van der Waals surface area contributed by atoms with Crippen molar-refractivity contribution in [2.75, 3.05) is 13.2 Å². The maximum absolute atomic E-state index is 5.64. The SMILES string of the molecule is Sc1nnc(-c2ccccc2)n1-c1ccc2c(c1)OCCO2. The molecule has 1 aromatic heterocycles. The van der Waals surface area contributed by atoms with Crippen molar-refractivity contribution in [3.8, 4) is 28.6 Å². The van der Waals surface area contributed by atoms with Crippen LogP contribution in [0.15, 0.2) is 53.7 Å². The first-order valence-corrected chi connectivity index (χ1v) is 7.37. The smallest absolute Gasteiger partial charge is 0.193 e. The lowest BCUT2D eigenvalue weighted by molar-refractivity contribution is 0.171. The van der Waals surface area contributed by atoms with Gasteiger partial charge in [-0.25, -0.2) is 0 Å². The van der Waals surface area contributed by atoms with E-state index in [9.17, 15) is 0 Å². The van der Waals surface area contributed by atoms with Crippen LogP contribution < -0.4 is 9.47 Å². The van der Waals surface area contributed by atoms with Gasteiger partial charge >= 0.3 is 0 Å². The van der Waals surface area contributed by atoms with Crippen LogP contribution in [0.5, 0.6) is 11.5 Å². The summed E-state index contributed by atoms with van der Waals surface area (Å²) in [4.78, 5) is 0. The van der Waals surface area contributed by atoms with Crippen molar-refractivity contribution in [2.24, 2.45) is 0 Å². The van der Waals surface area contributed by atoms with E-state index in [0.717, 1.165) is 28.6 Å². The molecule has 4 rings (SSSR count). The molecule has 0 unspecified atom stereocenters. The number of fused-ring (bicyclic) bond motifs is 1. The van der Waals surface area contributed by atoms with Crippen LogP contribution in [0.3, 0.4) is 0 Å². The molecular formula is C16H13N3O2S.